The van der Waals surface area contributed by atoms with Crippen molar-refractivity contribution in [1.82, 2.24) is 0 Å². The van der Waals surface area contributed by atoms with Crippen LogP contribution in [0.5, 0.6) is 0 Å². The van der Waals surface area contributed by atoms with Gasteiger partial charge in [0.2, 0.25) is 0 Å². The molecule has 0 aliphatic rings. The van der Waals surface area contributed by atoms with Crippen LogP contribution >= 0.6 is 0 Å². The molecule has 0 N–H and O–H groups in total. The maximum absolute atomic E-state index is 12.5. The van der Waals surface area contributed by atoms with Crippen molar-refractivity contribution in [3.05, 3.63) is 77.4 Å². The molecule has 3 heteroatoms. The number of unbranched alkanes of at least 4 members (excludes halogenated alkanes) is 1. The van der Waals surface area contributed by atoms with Crippen LogP contribution in [-0.4, -0.2) is 12.6 Å². The van der Waals surface area contributed by atoms with E-state index in [2.05, 4.69) is 26.0 Å². The zero-order chi connectivity index (χ0) is 19.5. The molecule has 0 saturated heterocycles. The first-order chi connectivity index (χ1) is 13.1. The minimum atomic E-state index is -0.563. The Bertz CT molecular complexity index is 790. The number of carbonyl (C=O) groups is 1. The predicted molar refractivity (Wildman–Crippen MR) is 109 cm³/mol. The van der Waals surface area contributed by atoms with Gasteiger partial charge in [-0.15, -0.1) is 0 Å². The normalized spacial score (nSPS) is 13.4. The van der Waals surface area contributed by atoms with Gasteiger partial charge < -0.3 is 4.74 Å². The van der Waals surface area contributed by atoms with Crippen LogP contribution in [0.3, 0.4) is 0 Å². The molecule has 0 fully saturated rings. The van der Waals surface area contributed by atoms with Gasteiger partial charge in [0, 0.05) is 5.41 Å². The van der Waals surface area contributed by atoms with Crippen molar-refractivity contribution in [2.24, 2.45) is 0 Å². The molecule has 0 amide bonds. The second kappa shape index (κ2) is 10.3. The Morgan fingerprint density at radius 3 is 2.26 bits per heavy atom. The minimum absolute atomic E-state index is 0.0229. The van der Waals surface area contributed by atoms with E-state index in [1.54, 1.807) is 6.08 Å². The molecule has 27 heavy (non-hydrogen) atoms. The molecule has 140 valence electrons. The third-order valence-electron chi connectivity index (χ3n) is 5.00. The van der Waals surface area contributed by atoms with Crippen molar-refractivity contribution >= 4 is 12.0 Å². The quantitative estimate of drug-likeness (QED) is 0.328. The molecule has 2 aromatic rings. The smallest absolute Gasteiger partial charge is 0.348 e. The third-order valence-corrected chi connectivity index (χ3v) is 5.00. The SMILES string of the molecule is CCCCC(CC)(COC(=O)C(C#N)=Cc1ccccc1)c1ccccc1. The molecule has 1 atom stereocenters. The first kappa shape index (κ1) is 20.5. The van der Waals surface area contributed by atoms with E-state index in [0.717, 1.165) is 31.2 Å². The van der Waals surface area contributed by atoms with Gasteiger partial charge in [-0.2, -0.15) is 5.26 Å². The Labute approximate surface area is 162 Å². The Hall–Kier alpha value is -2.86. The van der Waals surface area contributed by atoms with E-state index in [0.29, 0.717) is 0 Å². The average Bonchev–Trinajstić information content (AvgIpc) is 2.73. The van der Waals surface area contributed by atoms with E-state index in [1.165, 1.54) is 5.56 Å². The van der Waals surface area contributed by atoms with E-state index in [-0.39, 0.29) is 17.6 Å². The largest absolute Gasteiger partial charge is 0.461 e. The minimum Gasteiger partial charge on any atom is -0.461 e. The van der Waals surface area contributed by atoms with Crippen molar-refractivity contribution in [2.45, 2.75) is 44.9 Å². The Kier molecular flexibility index (Phi) is 7.82. The fourth-order valence-corrected chi connectivity index (χ4v) is 3.22. The fourth-order valence-electron chi connectivity index (χ4n) is 3.22. The van der Waals surface area contributed by atoms with Gasteiger partial charge >= 0.3 is 5.97 Å². The number of hydrogen-bond donors (Lipinski definition) is 0. The summed E-state index contributed by atoms with van der Waals surface area (Å²) in [4.78, 5) is 12.5. The molecular formula is C24H27NO2. The summed E-state index contributed by atoms with van der Waals surface area (Å²) in [6.45, 7) is 4.56. The molecule has 0 spiro atoms. The number of carbonyl (C=O) groups excluding carboxylic acids is 1. The third kappa shape index (κ3) is 5.56. The molecule has 1 unspecified atom stereocenters. The van der Waals surface area contributed by atoms with E-state index in [4.69, 9.17) is 4.74 Å². The lowest BCUT2D eigenvalue weighted by Gasteiger charge is -2.33. The van der Waals surface area contributed by atoms with Gasteiger partial charge in [-0.25, -0.2) is 4.79 Å². The molecule has 0 aromatic heterocycles. The summed E-state index contributed by atoms with van der Waals surface area (Å²) in [5.41, 5.74) is 1.79. The fraction of sp³-hybridized carbons (Fsp3) is 0.333. The molecule has 3 nitrogen and oxygen atoms in total. The molecule has 0 heterocycles. The van der Waals surface area contributed by atoms with Crippen LogP contribution in [0.25, 0.3) is 6.08 Å². The lowest BCUT2D eigenvalue weighted by Crippen LogP contribution is -2.33. The van der Waals surface area contributed by atoms with Crippen LogP contribution in [0.15, 0.2) is 66.2 Å². The van der Waals surface area contributed by atoms with Gasteiger partial charge in [0.15, 0.2) is 0 Å². The van der Waals surface area contributed by atoms with Gasteiger partial charge in [0.05, 0.1) is 0 Å². The maximum atomic E-state index is 12.5. The second-order valence-electron chi connectivity index (χ2n) is 6.76. The Balaban J connectivity index is 2.19. The highest BCUT2D eigenvalue weighted by Crippen LogP contribution is 2.34. The van der Waals surface area contributed by atoms with Crippen molar-refractivity contribution in [1.29, 1.82) is 5.26 Å². The molecule has 0 aliphatic carbocycles. The van der Waals surface area contributed by atoms with Crippen LogP contribution in [0.4, 0.5) is 0 Å². The number of hydrogen-bond acceptors (Lipinski definition) is 3. The molecule has 0 radical (unpaired) electrons. The highest BCUT2D eigenvalue weighted by molar-refractivity contribution is 5.97. The van der Waals surface area contributed by atoms with E-state index in [1.807, 2.05) is 54.6 Å². The summed E-state index contributed by atoms with van der Waals surface area (Å²) >= 11 is 0. The van der Waals surface area contributed by atoms with Gasteiger partial charge in [-0.3, -0.25) is 0 Å². The topological polar surface area (TPSA) is 50.1 Å². The Morgan fingerprint density at radius 1 is 1.07 bits per heavy atom. The van der Waals surface area contributed by atoms with Gasteiger partial charge in [-0.05, 0) is 30.0 Å². The maximum Gasteiger partial charge on any atom is 0.348 e. The first-order valence-corrected chi connectivity index (χ1v) is 9.54. The molecular weight excluding hydrogens is 334 g/mol. The summed E-state index contributed by atoms with van der Waals surface area (Å²) in [6.07, 6.45) is 5.53. The first-order valence-electron chi connectivity index (χ1n) is 9.54. The summed E-state index contributed by atoms with van der Waals surface area (Å²) < 4.78 is 5.65. The predicted octanol–water partition coefficient (Wildman–Crippen LogP) is 5.67. The summed E-state index contributed by atoms with van der Waals surface area (Å²) in [6, 6.07) is 21.5. The average molecular weight is 361 g/mol. The highest BCUT2D eigenvalue weighted by atomic mass is 16.5. The highest BCUT2D eigenvalue weighted by Gasteiger charge is 2.32. The van der Waals surface area contributed by atoms with Crippen molar-refractivity contribution < 1.29 is 9.53 Å². The van der Waals surface area contributed by atoms with Gasteiger partial charge in [0.1, 0.15) is 18.2 Å². The van der Waals surface area contributed by atoms with E-state index >= 15 is 0 Å². The summed E-state index contributed by atoms with van der Waals surface area (Å²) in [7, 11) is 0. The number of ether oxygens (including phenoxy) is 1. The number of nitriles is 1. The molecule has 2 rings (SSSR count). The standard InChI is InChI=1S/C24H27NO2/c1-3-5-16-24(4-2,22-14-10-7-11-15-22)19-27-23(26)21(18-25)17-20-12-8-6-9-13-20/h6-15,17H,3-5,16,19H2,1-2H3. The number of benzene rings is 2. The van der Waals surface area contributed by atoms with Crippen LogP contribution in [0.1, 0.15) is 50.7 Å². The van der Waals surface area contributed by atoms with Crippen molar-refractivity contribution in [3.8, 4) is 6.07 Å². The van der Waals surface area contributed by atoms with E-state index < -0.39 is 5.97 Å². The van der Waals surface area contributed by atoms with Crippen LogP contribution in [-0.2, 0) is 14.9 Å². The zero-order valence-electron chi connectivity index (χ0n) is 16.2. The number of nitrogens with zero attached hydrogens (tertiary/aromatic N) is 1. The molecule has 2 aromatic carbocycles. The number of rotatable bonds is 9. The van der Waals surface area contributed by atoms with Crippen LogP contribution in [0, 0.1) is 11.3 Å². The van der Waals surface area contributed by atoms with Gasteiger partial charge in [0.25, 0.3) is 0 Å². The monoisotopic (exact) mass is 361 g/mol. The molecule has 0 saturated carbocycles. The number of esters is 1. The summed E-state index contributed by atoms with van der Waals surface area (Å²) in [5.74, 6) is -0.563. The molecule has 0 bridgehead atoms. The van der Waals surface area contributed by atoms with Crippen molar-refractivity contribution in [2.75, 3.05) is 6.61 Å². The van der Waals surface area contributed by atoms with Crippen LogP contribution in [0.2, 0.25) is 0 Å². The van der Waals surface area contributed by atoms with Crippen LogP contribution < -0.4 is 0 Å². The molecule has 0 aliphatic heterocycles. The van der Waals surface area contributed by atoms with Crippen molar-refractivity contribution in [3.63, 3.8) is 0 Å². The van der Waals surface area contributed by atoms with Gasteiger partial charge in [-0.1, -0.05) is 87.4 Å². The lowest BCUT2D eigenvalue weighted by molar-refractivity contribution is -0.140. The summed E-state index contributed by atoms with van der Waals surface area (Å²) in [5, 5.41) is 9.38. The Morgan fingerprint density at radius 2 is 1.70 bits per heavy atom. The van der Waals surface area contributed by atoms with E-state index in [9.17, 15) is 10.1 Å². The second-order valence-corrected chi connectivity index (χ2v) is 6.76. The zero-order valence-corrected chi connectivity index (χ0v) is 16.2. The lowest BCUT2D eigenvalue weighted by atomic mass is 9.75.